The Bertz CT molecular complexity index is 840. The van der Waals surface area contributed by atoms with Crippen LogP contribution in [0.15, 0.2) is 34.8 Å². The second-order valence-corrected chi connectivity index (χ2v) is 7.74. The quantitative estimate of drug-likeness (QED) is 0.812. The number of carbonyl (C=O) groups is 1. The maximum Gasteiger partial charge on any atom is 0.407 e. The van der Waals surface area contributed by atoms with Crippen LogP contribution in [0.3, 0.4) is 0 Å². The molecule has 2 aromatic rings. The lowest BCUT2D eigenvalue weighted by Gasteiger charge is -2.20. The van der Waals surface area contributed by atoms with Gasteiger partial charge in [-0.2, -0.15) is 0 Å². The van der Waals surface area contributed by atoms with Gasteiger partial charge in [0, 0.05) is 23.9 Å². The Morgan fingerprint density at radius 3 is 2.67 bits per heavy atom. The van der Waals surface area contributed by atoms with E-state index in [0.717, 1.165) is 28.0 Å². The molecule has 9 heteroatoms. The third-order valence-electron chi connectivity index (χ3n) is 3.63. The summed E-state index contributed by atoms with van der Waals surface area (Å²) in [5, 5.41) is 13.9. The zero-order valence-corrected chi connectivity index (χ0v) is 16.6. The lowest BCUT2D eigenvalue weighted by atomic mass is 10.2. The van der Waals surface area contributed by atoms with Crippen LogP contribution in [0, 0.1) is 0 Å². The molecule has 0 fully saturated rings. The molecule has 2 N–H and O–H groups in total. The van der Waals surface area contributed by atoms with Gasteiger partial charge in [-0.15, -0.1) is 10.2 Å². The molecular weight excluding hydrogens is 366 g/mol. The molecule has 8 nitrogen and oxygen atoms in total. The van der Waals surface area contributed by atoms with Gasteiger partial charge in [-0.05, 0) is 45.0 Å². The van der Waals surface area contributed by atoms with Crippen LogP contribution in [0.4, 0.5) is 4.79 Å². The maximum atomic E-state index is 11.8. The van der Waals surface area contributed by atoms with Crippen molar-refractivity contribution in [1.82, 2.24) is 20.2 Å². The molecule has 3 rings (SSSR count). The van der Waals surface area contributed by atoms with Crippen LogP contribution in [0.1, 0.15) is 32.2 Å². The highest BCUT2D eigenvalue weighted by Crippen LogP contribution is 2.29. The molecule has 0 spiro atoms. The Morgan fingerprint density at radius 1 is 1.26 bits per heavy atom. The fraction of sp³-hybridized carbons (Fsp3) is 0.389. The molecule has 0 unspecified atom stereocenters. The van der Waals surface area contributed by atoms with Gasteiger partial charge in [0.05, 0.1) is 12.8 Å². The highest BCUT2D eigenvalue weighted by atomic mass is 32.2. The average Bonchev–Trinajstić information content (AvgIpc) is 3.03. The predicted molar refractivity (Wildman–Crippen MR) is 104 cm³/mol. The van der Waals surface area contributed by atoms with E-state index in [1.165, 1.54) is 11.8 Å². The molecule has 1 aliphatic rings. The number of hydrogen-bond donors (Lipinski definition) is 2. The number of ether oxygens (including phenoxy) is 2. The summed E-state index contributed by atoms with van der Waals surface area (Å²) in [6.07, 6.45) is 0.0809. The van der Waals surface area contributed by atoms with Gasteiger partial charge in [-0.25, -0.2) is 9.47 Å². The molecule has 0 radical (unpaired) electrons. The van der Waals surface area contributed by atoms with Gasteiger partial charge in [-0.3, -0.25) is 5.43 Å². The van der Waals surface area contributed by atoms with Gasteiger partial charge >= 0.3 is 6.09 Å². The molecule has 2 heterocycles. The van der Waals surface area contributed by atoms with E-state index >= 15 is 0 Å². The smallest absolute Gasteiger partial charge is 0.407 e. The fourth-order valence-corrected chi connectivity index (χ4v) is 3.16. The first kappa shape index (κ1) is 19.1. The molecule has 1 amide bonds. The first-order valence-electron chi connectivity index (χ1n) is 8.55. The number of benzene rings is 1. The fourth-order valence-electron chi connectivity index (χ4n) is 2.40. The third kappa shape index (κ3) is 4.94. The Morgan fingerprint density at radius 2 is 2.00 bits per heavy atom. The molecular formula is C18H23N5O3S. The van der Waals surface area contributed by atoms with Gasteiger partial charge in [-0.1, -0.05) is 11.8 Å². The van der Waals surface area contributed by atoms with Crippen LogP contribution >= 0.6 is 11.8 Å². The van der Waals surface area contributed by atoms with Crippen molar-refractivity contribution in [1.29, 1.82) is 0 Å². The molecule has 0 aliphatic carbocycles. The summed E-state index contributed by atoms with van der Waals surface area (Å²) in [5.74, 6) is 1.54. The number of nitrogens with one attached hydrogen (secondary N) is 2. The molecule has 0 bridgehead atoms. The Kier molecular flexibility index (Phi) is 5.59. The van der Waals surface area contributed by atoms with Crippen LogP contribution in [0.25, 0.3) is 5.70 Å². The average molecular weight is 389 g/mol. The summed E-state index contributed by atoms with van der Waals surface area (Å²) >= 11 is 1.49. The number of carbonyl (C=O) groups excluding carboxylic acids is 1. The number of nitrogens with zero attached hydrogens (tertiary/aromatic N) is 3. The zero-order valence-electron chi connectivity index (χ0n) is 15.8. The molecule has 0 saturated heterocycles. The van der Waals surface area contributed by atoms with Crippen molar-refractivity contribution in [2.75, 3.05) is 19.1 Å². The SMILES string of the molecule is COc1ccc(C2=CSc3nnc(CCNC(=O)OC(C)(C)C)n3N2)cc1. The van der Waals surface area contributed by atoms with Crippen LogP contribution < -0.4 is 15.5 Å². The highest BCUT2D eigenvalue weighted by Gasteiger charge is 2.19. The van der Waals surface area contributed by atoms with E-state index in [-0.39, 0.29) is 0 Å². The van der Waals surface area contributed by atoms with E-state index in [2.05, 4.69) is 20.9 Å². The van der Waals surface area contributed by atoms with E-state index < -0.39 is 11.7 Å². The standard InChI is InChI=1S/C18H23N5O3S/c1-18(2,3)26-17(24)19-10-9-15-20-21-16-23(15)22-14(11-27-16)12-5-7-13(25-4)8-6-12/h5-8,11,22H,9-10H2,1-4H3,(H,19,24). The third-order valence-corrected chi connectivity index (χ3v) is 4.46. The number of aromatic nitrogens is 3. The number of alkyl carbamates (subject to hydrolysis) is 1. The Labute approximate surface area is 162 Å². The number of thioether (sulfide) groups is 1. The number of fused-ring (bicyclic) bond motifs is 1. The minimum absolute atomic E-state index is 0.404. The lowest BCUT2D eigenvalue weighted by molar-refractivity contribution is 0.0528. The van der Waals surface area contributed by atoms with Gasteiger partial charge in [0.15, 0.2) is 5.82 Å². The van der Waals surface area contributed by atoms with Gasteiger partial charge in [0.25, 0.3) is 0 Å². The van der Waals surface area contributed by atoms with Crippen LogP contribution in [-0.2, 0) is 11.2 Å². The summed E-state index contributed by atoms with van der Waals surface area (Å²) in [4.78, 5) is 11.8. The minimum Gasteiger partial charge on any atom is -0.497 e. The van der Waals surface area contributed by atoms with Crippen molar-refractivity contribution in [3.63, 3.8) is 0 Å². The minimum atomic E-state index is -0.519. The van der Waals surface area contributed by atoms with Crippen molar-refractivity contribution in [2.45, 2.75) is 37.9 Å². The number of rotatable bonds is 5. The van der Waals surface area contributed by atoms with Crippen molar-refractivity contribution >= 4 is 23.6 Å². The summed E-state index contributed by atoms with van der Waals surface area (Å²) in [5.41, 5.74) is 4.77. The van der Waals surface area contributed by atoms with E-state index in [4.69, 9.17) is 9.47 Å². The predicted octanol–water partition coefficient (Wildman–Crippen LogP) is 3.00. The van der Waals surface area contributed by atoms with Gasteiger partial charge in [0.2, 0.25) is 5.16 Å². The van der Waals surface area contributed by atoms with Crippen molar-refractivity contribution < 1.29 is 14.3 Å². The largest absolute Gasteiger partial charge is 0.497 e. The van der Waals surface area contributed by atoms with Crippen LogP contribution in [-0.4, -0.2) is 40.2 Å². The number of hydrogen-bond acceptors (Lipinski definition) is 7. The van der Waals surface area contributed by atoms with E-state index in [1.807, 2.05) is 55.1 Å². The van der Waals surface area contributed by atoms with Crippen molar-refractivity contribution in [3.05, 3.63) is 41.1 Å². The van der Waals surface area contributed by atoms with Gasteiger partial charge < -0.3 is 14.8 Å². The van der Waals surface area contributed by atoms with Crippen molar-refractivity contribution in [2.24, 2.45) is 0 Å². The summed E-state index contributed by atoms with van der Waals surface area (Å²) in [6.45, 7) is 5.89. The second-order valence-electron chi connectivity index (χ2n) is 6.90. The lowest BCUT2D eigenvalue weighted by Crippen LogP contribution is -2.34. The van der Waals surface area contributed by atoms with Crippen LogP contribution in [0.2, 0.25) is 0 Å². The van der Waals surface area contributed by atoms with Gasteiger partial charge in [0.1, 0.15) is 11.4 Å². The second kappa shape index (κ2) is 7.91. The summed E-state index contributed by atoms with van der Waals surface area (Å²) in [7, 11) is 1.64. The molecule has 0 saturated carbocycles. The van der Waals surface area contributed by atoms with E-state index in [9.17, 15) is 4.79 Å². The zero-order chi connectivity index (χ0) is 19.4. The van der Waals surface area contributed by atoms with Crippen molar-refractivity contribution in [3.8, 4) is 5.75 Å². The normalized spacial score (nSPS) is 13.3. The Balaban J connectivity index is 1.61. The maximum absolute atomic E-state index is 11.8. The first-order valence-corrected chi connectivity index (χ1v) is 9.43. The van der Waals surface area contributed by atoms with E-state index in [1.54, 1.807) is 7.11 Å². The molecule has 1 aliphatic heterocycles. The van der Waals surface area contributed by atoms with Crippen LogP contribution in [0.5, 0.6) is 5.75 Å². The monoisotopic (exact) mass is 389 g/mol. The molecule has 1 aromatic heterocycles. The topological polar surface area (TPSA) is 90.3 Å². The number of amides is 1. The molecule has 1 aromatic carbocycles. The molecule has 0 atom stereocenters. The summed E-state index contributed by atoms with van der Waals surface area (Å²) in [6, 6.07) is 7.79. The summed E-state index contributed by atoms with van der Waals surface area (Å²) < 4.78 is 12.3. The first-order chi connectivity index (χ1) is 12.9. The highest BCUT2D eigenvalue weighted by molar-refractivity contribution is 8.02. The number of methoxy groups -OCH3 is 1. The van der Waals surface area contributed by atoms with E-state index in [0.29, 0.717) is 13.0 Å². The molecule has 27 heavy (non-hydrogen) atoms. The Hall–Kier alpha value is -2.68. The molecule has 144 valence electrons.